The largest absolute Gasteiger partial charge is 0.481 e. The molecule has 0 aliphatic rings. The summed E-state index contributed by atoms with van der Waals surface area (Å²) in [6.07, 6.45) is 0.180. The van der Waals surface area contributed by atoms with E-state index < -0.39 is 6.10 Å². The third-order valence-corrected chi connectivity index (χ3v) is 2.91. The summed E-state index contributed by atoms with van der Waals surface area (Å²) in [5.41, 5.74) is 4.24. The number of ether oxygens (including phenoxy) is 1. The molecule has 0 bridgehead atoms. The molecular weight excluding hydrogens is 264 g/mol. The Hall–Kier alpha value is -1.55. The molecule has 1 N–H and O–H groups in total. The number of carbonyl (C=O) groups excluding carboxylic acids is 1. The molecule has 1 atom stereocenters. The van der Waals surface area contributed by atoms with E-state index in [0.717, 1.165) is 17.7 Å². The molecule has 1 amide bonds. The van der Waals surface area contributed by atoms with Gasteiger partial charge in [0.25, 0.3) is 5.91 Å². The van der Waals surface area contributed by atoms with Gasteiger partial charge in [-0.15, -0.1) is 0 Å². The summed E-state index contributed by atoms with van der Waals surface area (Å²) in [6.45, 7) is 7.39. The molecule has 0 saturated heterocycles. The Kier molecular flexibility index (Phi) is 5.83. The molecule has 19 heavy (non-hydrogen) atoms. The lowest BCUT2D eigenvalue weighted by Crippen LogP contribution is -2.34. The fourth-order valence-corrected chi connectivity index (χ4v) is 1.54. The Balaban J connectivity index is 2.63. The van der Waals surface area contributed by atoms with Gasteiger partial charge in [-0.05, 0) is 51.0 Å². The zero-order valence-corrected chi connectivity index (χ0v) is 12.4. The summed E-state index contributed by atoms with van der Waals surface area (Å²) >= 11 is 5.86. The summed E-state index contributed by atoms with van der Waals surface area (Å²) in [5, 5.41) is 4.60. The monoisotopic (exact) mass is 282 g/mol. The van der Waals surface area contributed by atoms with Crippen LogP contribution in [-0.2, 0) is 4.79 Å². The number of benzene rings is 1. The number of rotatable bonds is 5. The maximum atomic E-state index is 11.8. The second-order valence-corrected chi connectivity index (χ2v) is 4.78. The van der Waals surface area contributed by atoms with E-state index in [4.69, 9.17) is 16.3 Å². The third kappa shape index (κ3) is 4.91. The number of halogens is 1. The van der Waals surface area contributed by atoms with Gasteiger partial charge in [-0.25, -0.2) is 5.43 Å². The highest BCUT2D eigenvalue weighted by atomic mass is 35.5. The first kappa shape index (κ1) is 15.5. The van der Waals surface area contributed by atoms with Gasteiger partial charge in [0.1, 0.15) is 5.75 Å². The van der Waals surface area contributed by atoms with Crippen molar-refractivity contribution < 1.29 is 9.53 Å². The Morgan fingerprint density at radius 2 is 2.21 bits per heavy atom. The molecule has 0 fully saturated rings. The van der Waals surface area contributed by atoms with E-state index in [-0.39, 0.29) is 5.91 Å². The van der Waals surface area contributed by atoms with Crippen LogP contribution >= 0.6 is 11.6 Å². The minimum absolute atomic E-state index is 0.276. The highest BCUT2D eigenvalue weighted by molar-refractivity contribution is 6.30. The van der Waals surface area contributed by atoms with Crippen LogP contribution in [0.5, 0.6) is 5.75 Å². The van der Waals surface area contributed by atoms with E-state index in [1.807, 2.05) is 20.8 Å². The quantitative estimate of drug-likeness (QED) is 0.665. The zero-order valence-electron chi connectivity index (χ0n) is 11.7. The Labute approximate surface area is 118 Å². The van der Waals surface area contributed by atoms with Crippen molar-refractivity contribution in [1.29, 1.82) is 0 Å². The molecule has 0 saturated carbocycles. The number of carbonyl (C=O) groups is 1. The molecule has 0 aromatic heterocycles. The Bertz CT molecular complexity index is 486. The van der Waals surface area contributed by atoms with Crippen molar-refractivity contribution in [2.75, 3.05) is 0 Å². The van der Waals surface area contributed by atoms with Crippen LogP contribution in [0.15, 0.2) is 23.3 Å². The van der Waals surface area contributed by atoms with E-state index >= 15 is 0 Å². The van der Waals surface area contributed by atoms with E-state index in [0.29, 0.717) is 10.8 Å². The number of hydrogen-bond donors (Lipinski definition) is 1. The van der Waals surface area contributed by atoms with Crippen LogP contribution in [0.25, 0.3) is 0 Å². The number of nitrogens with zero attached hydrogens (tertiary/aromatic N) is 1. The molecule has 0 spiro atoms. The molecule has 0 aliphatic carbocycles. The van der Waals surface area contributed by atoms with Crippen LogP contribution in [0, 0.1) is 6.92 Å². The van der Waals surface area contributed by atoms with Gasteiger partial charge in [-0.2, -0.15) is 5.10 Å². The van der Waals surface area contributed by atoms with Crippen LogP contribution in [0.3, 0.4) is 0 Å². The standard InChI is InChI=1S/C14H19ClN2O2/c1-5-10(3)16-17-14(18)11(4)19-13-7-6-12(15)8-9(13)2/h6-8,11H,5H2,1-4H3,(H,17,18). The molecule has 1 rings (SSSR count). The highest BCUT2D eigenvalue weighted by Gasteiger charge is 2.15. The molecule has 1 unspecified atom stereocenters. The summed E-state index contributed by atoms with van der Waals surface area (Å²) < 4.78 is 5.59. The second-order valence-electron chi connectivity index (χ2n) is 4.35. The van der Waals surface area contributed by atoms with Gasteiger partial charge in [0.2, 0.25) is 0 Å². The molecule has 0 aliphatic heterocycles. The van der Waals surface area contributed by atoms with Crippen molar-refractivity contribution >= 4 is 23.2 Å². The molecule has 0 radical (unpaired) electrons. The number of nitrogens with one attached hydrogen (secondary N) is 1. The first-order chi connectivity index (χ1) is 8.93. The predicted octanol–water partition coefficient (Wildman–Crippen LogP) is 3.32. The van der Waals surface area contributed by atoms with Crippen molar-refractivity contribution in [3.8, 4) is 5.75 Å². The van der Waals surface area contributed by atoms with Crippen molar-refractivity contribution in [3.05, 3.63) is 28.8 Å². The van der Waals surface area contributed by atoms with Gasteiger partial charge in [-0.3, -0.25) is 4.79 Å². The summed E-state index contributed by atoms with van der Waals surface area (Å²) in [5.74, 6) is 0.366. The minimum atomic E-state index is -0.617. The van der Waals surface area contributed by atoms with Gasteiger partial charge in [0, 0.05) is 10.7 Å². The lowest BCUT2D eigenvalue weighted by molar-refractivity contribution is -0.127. The minimum Gasteiger partial charge on any atom is -0.481 e. The zero-order chi connectivity index (χ0) is 14.4. The van der Waals surface area contributed by atoms with E-state index in [1.54, 1.807) is 25.1 Å². The van der Waals surface area contributed by atoms with Crippen LogP contribution in [0.1, 0.15) is 32.8 Å². The van der Waals surface area contributed by atoms with Crippen molar-refractivity contribution in [2.45, 2.75) is 40.2 Å². The van der Waals surface area contributed by atoms with Gasteiger partial charge >= 0.3 is 0 Å². The van der Waals surface area contributed by atoms with Crippen LogP contribution < -0.4 is 10.2 Å². The van der Waals surface area contributed by atoms with E-state index in [2.05, 4.69) is 10.5 Å². The van der Waals surface area contributed by atoms with Gasteiger partial charge in [0.05, 0.1) is 0 Å². The number of amides is 1. The Morgan fingerprint density at radius 3 is 2.79 bits per heavy atom. The average molecular weight is 283 g/mol. The molecular formula is C14H19ClN2O2. The first-order valence-electron chi connectivity index (χ1n) is 6.19. The van der Waals surface area contributed by atoms with Crippen molar-refractivity contribution in [1.82, 2.24) is 5.43 Å². The van der Waals surface area contributed by atoms with Crippen LogP contribution in [0.4, 0.5) is 0 Å². The molecule has 5 heteroatoms. The highest BCUT2D eigenvalue weighted by Crippen LogP contribution is 2.22. The lowest BCUT2D eigenvalue weighted by Gasteiger charge is -2.15. The van der Waals surface area contributed by atoms with Gasteiger partial charge < -0.3 is 4.74 Å². The summed E-state index contributed by atoms with van der Waals surface area (Å²) in [6, 6.07) is 5.27. The SMILES string of the molecule is CCC(C)=NNC(=O)C(C)Oc1ccc(Cl)cc1C. The molecule has 104 valence electrons. The van der Waals surface area contributed by atoms with Gasteiger partial charge in [-0.1, -0.05) is 18.5 Å². The number of aryl methyl sites for hydroxylation is 1. The van der Waals surface area contributed by atoms with Crippen molar-refractivity contribution in [2.24, 2.45) is 5.10 Å². The molecule has 4 nitrogen and oxygen atoms in total. The molecule has 0 heterocycles. The number of hydrazone groups is 1. The number of hydrogen-bond acceptors (Lipinski definition) is 3. The average Bonchev–Trinajstić information content (AvgIpc) is 2.38. The Morgan fingerprint density at radius 1 is 1.53 bits per heavy atom. The normalized spacial score (nSPS) is 13.0. The first-order valence-corrected chi connectivity index (χ1v) is 6.57. The van der Waals surface area contributed by atoms with Gasteiger partial charge in [0.15, 0.2) is 6.10 Å². The predicted molar refractivity (Wildman–Crippen MR) is 77.8 cm³/mol. The molecule has 1 aromatic rings. The third-order valence-electron chi connectivity index (χ3n) is 2.68. The van der Waals surface area contributed by atoms with Crippen LogP contribution in [-0.4, -0.2) is 17.7 Å². The van der Waals surface area contributed by atoms with E-state index in [9.17, 15) is 4.79 Å². The van der Waals surface area contributed by atoms with E-state index in [1.165, 1.54) is 0 Å². The van der Waals surface area contributed by atoms with Crippen LogP contribution in [0.2, 0.25) is 5.02 Å². The summed E-state index contributed by atoms with van der Waals surface area (Å²) in [4.78, 5) is 11.8. The lowest BCUT2D eigenvalue weighted by atomic mass is 10.2. The molecule has 1 aromatic carbocycles. The topological polar surface area (TPSA) is 50.7 Å². The maximum absolute atomic E-state index is 11.8. The fourth-order valence-electron chi connectivity index (χ4n) is 1.31. The van der Waals surface area contributed by atoms with Crippen molar-refractivity contribution in [3.63, 3.8) is 0 Å². The summed E-state index contributed by atoms with van der Waals surface area (Å²) in [7, 11) is 0. The maximum Gasteiger partial charge on any atom is 0.280 e. The smallest absolute Gasteiger partial charge is 0.280 e. The fraction of sp³-hybridized carbons (Fsp3) is 0.429. The second kappa shape index (κ2) is 7.14.